The number of hydrogen-bond donors (Lipinski definition) is 2. The average molecular weight is 149 g/mol. The number of carboxylic acids is 1. The molecule has 2 atom stereocenters. The van der Waals surface area contributed by atoms with E-state index in [0.717, 1.165) is 19.4 Å². The lowest BCUT2D eigenvalue weighted by Gasteiger charge is -1.99. The minimum Gasteiger partial charge on any atom is -0.480 e. The largest absolute Gasteiger partial charge is 0.480 e. The lowest BCUT2D eigenvalue weighted by Crippen LogP contribution is -2.29. The highest BCUT2D eigenvalue weighted by Crippen LogP contribution is 2.03. The third-order valence-corrected chi connectivity index (χ3v) is 1.36. The molecule has 3 nitrogen and oxygen atoms in total. The van der Waals surface area contributed by atoms with Gasteiger partial charge in [-0.2, -0.15) is 9.90 Å². The molecule has 4 heteroatoms. The Balaban J connectivity index is 0.000000640. The predicted molar refractivity (Wildman–Crippen MR) is 39.8 cm³/mol. The molecule has 1 saturated heterocycles. The van der Waals surface area contributed by atoms with Crippen molar-refractivity contribution in [2.75, 3.05) is 6.54 Å². The Hall–Kier alpha value is -0.140. The van der Waals surface area contributed by atoms with Crippen LogP contribution in [0.25, 0.3) is 0 Å². The monoisotopic (exact) mass is 149 g/mol. The van der Waals surface area contributed by atoms with Crippen LogP contribution in [0.3, 0.4) is 0 Å². The summed E-state index contributed by atoms with van der Waals surface area (Å²) in [5, 5.41) is 11.2. The molecule has 0 bridgehead atoms. The fraction of sp³-hybridized carbons (Fsp3) is 0.800. The van der Waals surface area contributed by atoms with Crippen LogP contribution in [0.15, 0.2) is 0 Å². The predicted octanol–water partition coefficient (Wildman–Crippen LogP) is -0.119. The number of rotatable bonds is 1. The Morgan fingerprint density at radius 1 is 1.67 bits per heavy atom. The van der Waals surface area contributed by atoms with Gasteiger partial charge in [-0.15, -0.1) is 0 Å². The zero-order valence-corrected chi connectivity index (χ0v) is 6.68. The van der Waals surface area contributed by atoms with Gasteiger partial charge in [0, 0.05) is 0 Å². The smallest absolute Gasteiger partial charge is 0.320 e. The third-order valence-electron chi connectivity index (χ3n) is 1.36. The maximum absolute atomic E-state index is 10.1. The van der Waals surface area contributed by atoms with Gasteiger partial charge in [0.15, 0.2) is 0 Å². The molecule has 9 heavy (non-hydrogen) atoms. The number of carbonyl (C=O) groups is 1. The van der Waals surface area contributed by atoms with Gasteiger partial charge in [-0.25, -0.2) is 0 Å². The van der Waals surface area contributed by atoms with Gasteiger partial charge in [0.2, 0.25) is 0 Å². The molecular formula is C5H12NO2P. The standard InChI is InChI=1S/C5H9NO2.H3P/c7-5(8)4-2-1-3-6-4;/h4,6H,1-3H2,(H,7,8);1H3/t4-;/m0./s1. The number of nitrogens with one attached hydrogen (secondary N) is 1. The van der Waals surface area contributed by atoms with E-state index < -0.39 is 5.97 Å². The van der Waals surface area contributed by atoms with E-state index in [1.807, 2.05) is 0 Å². The van der Waals surface area contributed by atoms with Crippen molar-refractivity contribution in [3.8, 4) is 0 Å². The lowest BCUT2D eigenvalue weighted by molar-refractivity contribution is -0.139. The topological polar surface area (TPSA) is 49.3 Å². The van der Waals surface area contributed by atoms with Crippen LogP contribution in [0.5, 0.6) is 0 Å². The molecule has 0 aromatic heterocycles. The first-order valence-corrected chi connectivity index (χ1v) is 2.77. The molecule has 2 N–H and O–H groups in total. The lowest BCUT2D eigenvalue weighted by atomic mass is 10.2. The van der Waals surface area contributed by atoms with E-state index in [9.17, 15) is 4.79 Å². The summed E-state index contributed by atoms with van der Waals surface area (Å²) < 4.78 is 0. The molecule has 1 fully saturated rings. The summed E-state index contributed by atoms with van der Waals surface area (Å²) in [4.78, 5) is 10.1. The van der Waals surface area contributed by atoms with Crippen molar-refractivity contribution in [3.63, 3.8) is 0 Å². The van der Waals surface area contributed by atoms with Crippen LogP contribution in [0.1, 0.15) is 12.8 Å². The van der Waals surface area contributed by atoms with E-state index in [2.05, 4.69) is 5.32 Å². The average Bonchev–Trinajstić information content (AvgIpc) is 2.12. The number of hydrogen-bond acceptors (Lipinski definition) is 2. The summed E-state index contributed by atoms with van der Waals surface area (Å²) >= 11 is 0. The van der Waals surface area contributed by atoms with Gasteiger partial charge in [0.05, 0.1) is 0 Å². The van der Waals surface area contributed by atoms with Crippen molar-refractivity contribution in [1.29, 1.82) is 0 Å². The Bertz CT molecular complexity index is 101. The van der Waals surface area contributed by atoms with Crippen LogP contribution in [-0.2, 0) is 4.79 Å². The van der Waals surface area contributed by atoms with E-state index >= 15 is 0 Å². The molecule has 0 aliphatic carbocycles. The van der Waals surface area contributed by atoms with Crippen LogP contribution in [0.4, 0.5) is 0 Å². The number of aliphatic carboxylic acids is 1. The van der Waals surface area contributed by atoms with E-state index in [1.165, 1.54) is 0 Å². The molecule has 0 saturated carbocycles. The second-order valence-corrected chi connectivity index (χ2v) is 1.99. The molecule has 0 spiro atoms. The van der Waals surface area contributed by atoms with Crippen LogP contribution in [-0.4, -0.2) is 23.7 Å². The van der Waals surface area contributed by atoms with E-state index in [0.29, 0.717) is 0 Å². The first kappa shape index (κ1) is 8.86. The normalized spacial score (nSPS) is 25.1. The third kappa shape index (κ3) is 2.29. The van der Waals surface area contributed by atoms with E-state index in [1.54, 1.807) is 0 Å². The van der Waals surface area contributed by atoms with Gasteiger partial charge in [-0.3, -0.25) is 4.79 Å². The van der Waals surface area contributed by atoms with Gasteiger partial charge >= 0.3 is 5.97 Å². The van der Waals surface area contributed by atoms with Gasteiger partial charge in [0.25, 0.3) is 0 Å². The Morgan fingerprint density at radius 2 is 2.33 bits per heavy atom. The highest BCUT2D eigenvalue weighted by Gasteiger charge is 2.20. The van der Waals surface area contributed by atoms with Crippen molar-refractivity contribution in [1.82, 2.24) is 5.32 Å². The van der Waals surface area contributed by atoms with Crippen molar-refractivity contribution < 1.29 is 9.90 Å². The number of carboxylic acid groups (broad SMARTS) is 1. The summed E-state index contributed by atoms with van der Waals surface area (Å²) in [7, 11) is 0. The van der Waals surface area contributed by atoms with Gasteiger partial charge in [-0.1, -0.05) is 0 Å². The van der Waals surface area contributed by atoms with Crippen molar-refractivity contribution in [2.24, 2.45) is 0 Å². The Kier molecular flexibility index (Phi) is 3.75. The van der Waals surface area contributed by atoms with E-state index in [-0.39, 0.29) is 15.9 Å². The summed E-state index contributed by atoms with van der Waals surface area (Å²) in [5.74, 6) is -0.720. The molecule has 54 valence electrons. The minimum absolute atomic E-state index is 0. The Labute approximate surface area is 57.4 Å². The summed E-state index contributed by atoms with van der Waals surface area (Å²) in [6.07, 6.45) is 1.78. The molecule has 0 aromatic rings. The second kappa shape index (κ2) is 3.80. The zero-order chi connectivity index (χ0) is 5.98. The zero-order valence-electron chi connectivity index (χ0n) is 5.26. The van der Waals surface area contributed by atoms with Crippen LogP contribution in [0.2, 0.25) is 0 Å². The van der Waals surface area contributed by atoms with Crippen molar-refractivity contribution in [3.05, 3.63) is 0 Å². The molecule has 1 heterocycles. The van der Waals surface area contributed by atoms with Crippen molar-refractivity contribution in [2.45, 2.75) is 18.9 Å². The van der Waals surface area contributed by atoms with Gasteiger partial charge in [0.1, 0.15) is 6.04 Å². The second-order valence-electron chi connectivity index (χ2n) is 1.99. The Morgan fingerprint density at radius 3 is 2.56 bits per heavy atom. The molecular weight excluding hydrogens is 137 g/mol. The molecule has 1 rings (SSSR count). The SMILES string of the molecule is O=C(O)[C@@H]1CCCN1.P. The van der Waals surface area contributed by atoms with Crippen molar-refractivity contribution >= 4 is 15.9 Å². The highest BCUT2D eigenvalue weighted by atomic mass is 31.0. The fourth-order valence-corrected chi connectivity index (χ4v) is 0.895. The minimum atomic E-state index is -0.720. The van der Waals surface area contributed by atoms with Crippen LogP contribution in [0, 0.1) is 0 Å². The van der Waals surface area contributed by atoms with Crippen LogP contribution >= 0.6 is 9.90 Å². The molecule has 0 aromatic carbocycles. The maximum atomic E-state index is 10.1. The summed E-state index contributed by atoms with van der Waals surface area (Å²) in [6.45, 7) is 0.858. The summed E-state index contributed by atoms with van der Waals surface area (Å²) in [6, 6.07) is -0.269. The first-order chi connectivity index (χ1) is 3.80. The van der Waals surface area contributed by atoms with Gasteiger partial charge < -0.3 is 10.4 Å². The quantitative estimate of drug-likeness (QED) is 0.511. The maximum Gasteiger partial charge on any atom is 0.320 e. The fourth-order valence-electron chi connectivity index (χ4n) is 0.895. The molecule has 1 unspecified atom stereocenters. The van der Waals surface area contributed by atoms with Crippen LogP contribution < -0.4 is 5.32 Å². The molecule has 1 aliphatic heterocycles. The van der Waals surface area contributed by atoms with E-state index in [4.69, 9.17) is 5.11 Å². The first-order valence-electron chi connectivity index (χ1n) is 2.77. The molecule has 0 radical (unpaired) electrons. The molecule has 1 aliphatic rings. The summed E-state index contributed by atoms with van der Waals surface area (Å²) in [5.41, 5.74) is 0. The highest BCUT2D eigenvalue weighted by molar-refractivity contribution is 6.92. The molecule has 0 amide bonds. The van der Waals surface area contributed by atoms with Gasteiger partial charge in [-0.05, 0) is 19.4 Å².